The first-order valence-corrected chi connectivity index (χ1v) is 11.7. The van der Waals surface area contributed by atoms with Crippen LogP contribution < -0.4 is 16.0 Å². The van der Waals surface area contributed by atoms with Crippen molar-refractivity contribution >= 4 is 40.4 Å². The van der Waals surface area contributed by atoms with Gasteiger partial charge in [-0.2, -0.15) is 0 Å². The van der Waals surface area contributed by atoms with Crippen molar-refractivity contribution < 1.29 is 19.1 Å². The predicted molar refractivity (Wildman–Crippen MR) is 134 cm³/mol. The number of amides is 2. The van der Waals surface area contributed by atoms with Crippen molar-refractivity contribution in [1.82, 2.24) is 15.6 Å². The summed E-state index contributed by atoms with van der Waals surface area (Å²) in [5, 5.41) is 10.4. The monoisotopic (exact) mass is 480 g/mol. The molecule has 3 N–H and O–H groups in total. The van der Waals surface area contributed by atoms with Gasteiger partial charge in [0.1, 0.15) is 12.2 Å². The van der Waals surface area contributed by atoms with E-state index < -0.39 is 17.8 Å². The van der Waals surface area contributed by atoms with Crippen LogP contribution in [-0.4, -0.2) is 48.5 Å². The minimum Gasteiger partial charge on any atom is -0.448 e. The average molecular weight is 481 g/mol. The van der Waals surface area contributed by atoms with Crippen molar-refractivity contribution in [3.05, 3.63) is 35.5 Å². The molecule has 8 nitrogen and oxygen atoms in total. The van der Waals surface area contributed by atoms with Crippen LogP contribution in [0.25, 0.3) is 10.9 Å². The minimum atomic E-state index is -0.563. The fourth-order valence-corrected chi connectivity index (χ4v) is 3.01. The zero-order valence-electron chi connectivity index (χ0n) is 20.5. The van der Waals surface area contributed by atoms with E-state index in [1.54, 1.807) is 27.0 Å². The standard InChI is InChI=1S/C22H31ClN4O4.C2H6/c1-15(27-18-9-11-24-19-14-16(23)7-8-17(18)19)6-5-10-25-20(28)30-13-12-26-21(29)31-22(2,3)4;1-2/h7-9,11,14-15H,5-6,10,12-13H2,1-4H3,(H,24,27)(H,25,28)(H,26,29);1-2H3. The molecule has 0 spiro atoms. The summed E-state index contributed by atoms with van der Waals surface area (Å²) >= 11 is 6.03. The van der Waals surface area contributed by atoms with Crippen molar-refractivity contribution in [1.29, 1.82) is 0 Å². The van der Waals surface area contributed by atoms with Crippen LogP contribution in [0.4, 0.5) is 15.3 Å². The van der Waals surface area contributed by atoms with Gasteiger partial charge in [-0.05, 0) is 64.8 Å². The number of hydrogen-bond donors (Lipinski definition) is 3. The number of benzene rings is 1. The maximum absolute atomic E-state index is 11.7. The molecule has 0 fully saturated rings. The molecule has 1 aromatic heterocycles. The zero-order chi connectivity index (χ0) is 24.9. The van der Waals surface area contributed by atoms with Gasteiger partial charge in [-0.15, -0.1) is 0 Å². The molecule has 1 aromatic carbocycles. The van der Waals surface area contributed by atoms with Gasteiger partial charge in [0.2, 0.25) is 0 Å². The van der Waals surface area contributed by atoms with E-state index in [1.807, 2.05) is 38.1 Å². The number of carbonyl (C=O) groups excluding carboxylic acids is 2. The molecule has 184 valence electrons. The quantitative estimate of drug-likeness (QED) is 0.395. The topological polar surface area (TPSA) is 102 Å². The third kappa shape index (κ3) is 11.6. The number of ether oxygens (including phenoxy) is 2. The molecule has 33 heavy (non-hydrogen) atoms. The Morgan fingerprint density at radius 3 is 2.48 bits per heavy atom. The maximum atomic E-state index is 11.7. The Morgan fingerprint density at radius 2 is 1.79 bits per heavy atom. The average Bonchev–Trinajstić information content (AvgIpc) is 2.74. The van der Waals surface area contributed by atoms with E-state index in [0.717, 1.165) is 29.4 Å². The molecule has 1 unspecified atom stereocenters. The SMILES string of the molecule is CC.CC(CCCNC(=O)OCCNC(=O)OC(C)(C)C)Nc1ccnc2cc(Cl)ccc12. The summed E-state index contributed by atoms with van der Waals surface area (Å²) in [7, 11) is 0. The van der Waals surface area contributed by atoms with Crippen LogP contribution in [0.3, 0.4) is 0 Å². The zero-order valence-corrected chi connectivity index (χ0v) is 21.2. The molecular formula is C24H37ClN4O4. The lowest BCUT2D eigenvalue weighted by Gasteiger charge is -2.19. The number of anilines is 1. The number of halogens is 1. The molecule has 1 heterocycles. The number of nitrogens with zero attached hydrogens (tertiary/aromatic N) is 1. The van der Waals surface area contributed by atoms with Gasteiger partial charge in [-0.3, -0.25) is 4.98 Å². The second kappa shape index (κ2) is 14.4. The second-order valence-electron chi connectivity index (χ2n) is 8.20. The van der Waals surface area contributed by atoms with Gasteiger partial charge in [0.15, 0.2) is 0 Å². The van der Waals surface area contributed by atoms with Crippen molar-refractivity contribution in [3.63, 3.8) is 0 Å². The van der Waals surface area contributed by atoms with Crippen LogP contribution in [-0.2, 0) is 9.47 Å². The highest BCUT2D eigenvalue weighted by Crippen LogP contribution is 2.25. The van der Waals surface area contributed by atoms with Gasteiger partial charge in [-0.1, -0.05) is 25.4 Å². The Kier molecular flexibility index (Phi) is 12.4. The molecule has 0 bridgehead atoms. The highest BCUT2D eigenvalue weighted by molar-refractivity contribution is 6.31. The first-order valence-electron chi connectivity index (χ1n) is 11.3. The normalized spacial score (nSPS) is 11.6. The summed E-state index contributed by atoms with van der Waals surface area (Å²) < 4.78 is 10.1. The number of pyridine rings is 1. The fourth-order valence-electron chi connectivity index (χ4n) is 2.85. The van der Waals surface area contributed by atoms with E-state index in [2.05, 4.69) is 27.9 Å². The number of fused-ring (bicyclic) bond motifs is 1. The molecule has 2 rings (SSSR count). The number of alkyl carbamates (subject to hydrolysis) is 2. The van der Waals surface area contributed by atoms with Crippen LogP contribution in [0.5, 0.6) is 0 Å². The molecule has 0 radical (unpaired) electrons. The van der Waals surface area contributed by atoms with Gasteiger partial charge < -0.3 is 25.4 Å². The molecular weight excluding hydrogens is 444 g/mol. The lowest BCUT2D eigenvalue weighted by molar-refractivity contribution is 0.0512. The number of hydrogen-bond acceptors (Lipinski definition) is 6. The van der Waals surface area contributed by atoms with E-state index in [9.17, 15) is 9.59 Å². The summed E-state index contributed by atoms with van der Waals surface area (Å²) in [5.74, 6) is 0. The van der Waals surface area contributed by atoms with E-state index in [0.29, 0.717) is 11.6 Å². The maximum Gasteiger partial charge on any atom is 0.407 e. The van der Waals surface area contributed by atoms with Gasteiger partial charge in [0.25, 0.3) is 0 Å². The van der Waals surface area contributed by atoms with E-state index in [-0.39, 0.29) is 19.2 Å². The summed E-state index contributed by atoms with van der Waals surface area (Å²) in [6.45, 7) is 12.2. The smallest absolute Gasteiger partial charge is 0.407 e. The summed E-state index contributed by atoms with van der Waals surface area (Å²) in [4.78, 5) is 27.6. The number of carbonyl (C=O) groups is 2. The molecule has 9 heteroatoms. The van der Waals surface area contributed by atoms with Gasteiger partial charge >= 0.3 is 12.2 Å². The third-order valence-electron chi connectivity index (χ3n) is 4.19. The number of aromatic nitrogens is 1. The second-order valence-corrected chi connectivity index (χ2v) is 8.64. The molecule has 0 aliphatic carbocycles. The van der Waals surface area contributed by atoms with E-state index in [4.69, 9.17) is 21.1 Å². The Labute approximate surface area is 201 Å². The molecule has 0 saturated heterocycles. The third-order valence-corrected chi connectivity index (χ3v) is 4.43. The van der Waals surface area contributed by atoms with Gasteiger partial charge in [0.05, 0.1) is 12.1 Å². The van der Waals surface area contributed by atoms with Crippen LogP contribution in [0.15, 0.2) is 30.5 Å². The van der Waals surface area contributed by atoms with Crippen LogP contribution in [0, 0.1) is 0 Å². The largest absolute Gasteiger partial charge is 0.448 e. The first kappa shape index (κ1) is 28.3. The summed E-state index contributed by atoms with van der Waals surface area (Å²) in [5.41, 5.74) is 1.28. The van der Waals surface area contributed by atoms with Crippen molar-refractivity contribution in [2.45, 2.75) is 66.0 Å². The number of nitrogens with one attached hydrogen (secondary N) is 3. The Morgan fingerprint density at radius 1 is 1.09 bits per heavy atom. The summed E-state index contributed by atoms with van der Waals surface area (Å²) in [6, 6.07) is 7.78. The van der Waals surface area contributed by atoms with Gasteiger partial charge in [-0.25, -0.2) is 9.59 Å². The van der Waals surface area contributed by atoms with Crippen LogP contribution in [0.1, 0.15) is 54.4 Å². The molecule has 0 saturated carbocycles. The Bertz CT molecular complexity index is 886. The van der Waals surface area contributed by atoms with Crippen LogP contribution >= 0.6 is 11.6 Å². The van der Waals surface area contributed by atoms with Crippen molar-refractivity contribution in [3.8, 4) is 0 Å². The molecule has 2 amide bonds. The highest BCUT2D eigenvalue weighted by Gasteiger charge is 2.15. The number of rotatable bonds is 9. The summed E-state index contributed by atoms with van der Waals surface area (Å²) in [6.07, 6.45) is 2.35. The minimum absolute atomic E-state index is 0.0716. The van der Waals surface area contributed by atoms with Crippen molar-refractivity contribution in [2.75, 3.05) is 25.0 Å². The van der Waals surface area contributed by atoms with Crippen LogP contribution in [0.2, 0.25) is 5.02 Å². The molecule has 2 aromatic rings. The molecule has 1 atom stereocenters. The fraction of sp³-hybridized carbons (Fsp3) is 0.542. The van der Waals surface area contributed by atoms with Crippen molar-refractivity contribution in [2.24, 2.45) is 0 Å². The Balaban J connectivity index is 0.00000265. The molecule has 0 aliphatic heterocycles. The Hall–Kier alpha value is -2.74. The van der Waals surface area contributed by atoms with Gasteiger partial charge in [0, 0.05) is 34.9 Å². The molecule has 0 aliphatic rings. The lowest BCUT2D eigenvalue weighted by atomic mass is 10.1. The lowest BCUT2D eigenvalue weighted by Crippen LogP contribution is -2.35. The highest BCUT2D eigenvalue weighted by atomic mass is 35.5. The predicted octanol–water partition coefficient (Wildman–Crippen LogP) is 5.75. The first-order chi connectivity index (χ1) is 15.6. The van der Waals surface area contributed by atoms with E-state index in [1.165, 1.54) is 0 Å². The van der Waals surface area contributed by atoms with E-state index >= 15 is 0 Å².